The third kappa shape index (κ3) is 2.94. The van der Waals surface area contributed by atoms with Crippen molar-refractivity contribution >= 4 is 23.4 Å². The van der Waals surface area contributed by atoms with Gasteiger partial charge in [-0.05, 0) is 25.1 Å². The van der Waals surface area contributed by atoms with Gasteiger partial charge in [-0.15, -0.1) is 22.0 Å². The Labute approximate surface area is 123 Å². The highest BCUT2D eigenvalue weighted by Crippen LogP contribution is 2.30. The molecule has 1 aliphatic rings. The van der Waals surface area contributed by atoms with Crippen molar-refractivity contribution in [3.05, 3.63) is 45.6 Å². The molecule has 2 heterocycles. The van der Waals surface area contributed by atoms with Crippen LogP contribution in [0.15, 0.2) is 33.0 Å². The van der Waals surface area contributed by atoms with Crippen LogP contribution < -0.4 is 11.0 Å². The van der Waals surface area contributed by atoms with Gasteiger partial charge in [0.25, 0.3) is 5.56 Å². The summed E-state index contributed by atoms with van der Waals surface area (Å²) in [5.74, 6) is 0.733. The summed E-state index contributed by atoms with van der Waals surface area (Å²) in [4.78, 5) is 15.0. The number of thioether (sulfide) groups is 1. The average molecular weight is 305 g/mol. The maximum atomic E-state index is 13.4. The van der Waals surface area contributed by atoms with Crippen molar-refractivity contribution in [2.75, 3.05) is 11.2 Å². The number of aryl methyl sites for hydroxylation is 1. The lowest BCUT2D eigenvalue weighted by Crippen LogP contribution is -2.17. The molecule has 6 nitrogen and oxygen atoms in total. The van der Waals surface area contributed by atoms with Crippen LogP contribution >= 0.6 is 11.8 Å². The molecule has 0 radical (unpaired) electrons. The van der Waals surface area contributed by atoms with Crippen molar-refractivity contribution in [1.29, 1.82) is 0 Å². The summed E-state index contributed by atoms with van der Waals surface area (Å²) in [6.07, 6.45) is 0.706. The summed E-state index contributed by atoms with van der Waals surface area (Å²) in [6.45, 7) is 1.57. The van der Waals surface area contributed by atoms with Crippen LogP contribution in [0.4, 0.5) is 10.3 Å². The first-order valence-corrected chi connectivity index (χ1v) is 7.31. The van der Waals surface area contributed by atoms with Crippen LogP contribution in [0.5, 0.6) is 0 Å². The van der Waals surface area contributed by atoms with Crippen molar-refractivity contribution in [3.63, 3.8) is 0 Å². The van der Waals surface area contributed by atoms with Crippen LogP contribution in [-0.4, -0.2) is 26.6 Å². The number of H-pyrrole nitrogens is 1. The highest BCUT2D eigenvalue weighted by atomic mass is 32.2. The second kappa shape index (κ2) is 5.65. The molecule has 2 aromatic rings. The Hall–Kier alpha value is -2.22. The second-order valence-corrected chi connectivity index (χ2v) is 5.63. The number of halogens is 1. The van der Waals surface area contributed by atoms with Gasteiger partial charge in [0.15, 0.2) is 0 Å². The van der Waals surface area contributed by atoms with Crippen molar-refractivity contribution < 1.29 is 4.39 Å². The van der Waals surface area contributed by atoms with E-state index in [-0.39, 0.29) is 23.0 Å². The molecule has 0 saturated carbocycles. The first-order chi connectivity index (χ1) is 10.1. The minimum atomic E-state index is -0.321. The van der Waals surface area contributed by atoms with E-state index in [1.54, 1.807) is 24.8 Å². The maximum absolute atomic E-state index is 13.4. The number of aromatic amines is 1. The van der Waals surface area contributed by atoms with E-state index in [2.05, 4.69) is 25.7 Å². The summed E-state index contributed by atoms with van der Waals surface area (Å²) in [7, 11) is 0. The van der Waals surface area contributed by atoms with Gasteiger partial charge < -0.3 is 0 Å². The normalized spacial score (nSPS) is 15.8. The van der Waals surface area contributed by atoms with Gasteiger partial charge in [0.05, 0.1) is 5.71 Å². The Bertz CT molecular complexity index is 773. The van der Waals surface area contributed by atoms with Crippen LogP contribution in [0.1, 0.15) is 17.7 Å². The summed E-state index contributed by atoms with van der Waals surface area (Å²) in [5, 5.41) is 11.7. The number of hydrogen-bond acceptors (Lipinski definition) is 6. The zero-order chi connectivity index (χ0) is 14.8. The van der Waals surface area contributed by atoms with E-state index < -0.39 is 0 Å². The molecule has 0 fully saturated rings. The minimum Gasteiger partial charge on any atom is -0.288 e. The fourth-order valence-electron chi connectivity index (χ4n) is 1.93. The molecular weight excluding hydrogens is 293 g/mol. The molecule has 1 aromatic heterocycles. The van der Waals surface area contributed by atoms with Gasteiger partial charge in [0, 0.05) is 22.6 Å². The van der Waals surface area contributed by atoms with E-state index in [1.165, 1.54) is 12.1 Å². The van der Waals surface area contributed by atoms with Crippen LogP contribution in [0.3, 0.4) is 0 Å². The molecule has 0 aliphatic carbocycles. The molecule has 0 atom stereocenters. The molecule has 3 rings (SSSR count). The highest BCUT2D eigenvalue weighted by molar-refractivity contribution is 7.99. The predicted octanol–water partition coefficient (Wildman–Crippen LogP) is 1.92. The monoisotopic (exact) mass is 305 g/mol. The van der Waals surface area contributed by atoms with E-state index in [4.69, 9.17) is 0 Å². The smallest absolute Gasteiger partial charge is 0.274 e. The lowest BCUT2D eigenvalue weighted by molar-refractivity contribution is 0.626. The number of benzene rings is 1. The molecule has 2 N–H and O–H groups in total. The van der Waals surface area contributed by atoms with Gasteiger partial charge >= 0.3 is 0 Å². The molecule has 8 heteroatoms. The second-order valence-electron chi connectivity index (χ2n) is 4.50. The number of anilines is 1. The Morgan fingerprint density at radius 3 is 3.10 bits per heavy atom. The molecule has 0 unspecified atom stereocenters. The number of hydrazone groups is 1. The lowest BCUT2D eigenvalue weighted by atomic mass is 10.1. The average Bonchev–Trinajstić information content (AvgIpc) is 2.48. The van der Waals surface area contributed by atoms with Gasteiger partial charge in [-0.3, -0.25) is 9.78 Å². The van der Waals surface area contributed by atoms with Gasteiger partial charge in [-0.2, -0.15) is 5.10 Å². The van der Waals surface area contributed by atoms with Crippen LogP contribution in [0.2, 0.25) is 0 Å². The molecule has 1 aliphatic heterocycles. The van der Waals surface area contributed by atoms with E-state index >= 15 is 0 Å². The third-order valence-corrected chi connectivity index (χ3v) is 4.08. The van der Waals surface area contributed by atoms with Crippen molar-refractivity contribution in [3.8, 4) is 0 Å². The molecule has 0 bridgehead atoms. The zero-order valence-electron chi connectivity index (χ0n) is 11.2. The number of aromatic nitrogens is 3. The number of hydrogen-bond donors (Lipinski definition) is 2. The summed E-state index contributed by atoms with van der Waals surface area (Å²) < 4.78 is 13.4. The van der Waals surface area contributed by atoms with Crippen molar-refractivity contribution in [2.45, 2.75) is 18.2 Å². The Morgan fingerprint density at radius 1 is 1.43 bits per heavy atom. The molecule has 21 heavy (non-hydrogen) atoms. The number of rotatable bonds is 2. The number of fused-ring (bicyclic) bond motifs is 1. The lowest BCUT2D eigenvalue weighted by Gasteiger charge is -2.17. The van der Waals surface area contributed by atoms with E-state index in [0.717, 1.165) is 21.9 Å². The Morgan fingerprint density at radius 2 is 2.29 bits per heavy atom. The topological polar surface area (TPSA) is 83.0 Å². The van der Waals surface area contributed by atoms with Gasteiger partial charge in [0.1, 0.15) is 11.5 Å². The van der Waals surface area contributed by atoms with Gasteiger partial charge in [0.2, 0.25) is 5.95 Å². The standard InChI is InChI=1S/C13H12FN5OS/c1-7-12(20)15-13(18-16-7)19-17-10-4-5-21-11-3-2-8(14)6-9(10)11/h2-3,6H,4-5H2,1H3,(H2,15,18,19,20). The minimum absolute atomic E-state index is 0.161. The molecule has 0 spiro atoms. The van der Waals surface area contributed by atoms with Crippen molar-refractivity contribution in [2.24, 2.45) is 5.10 Å². The van der Waals surface area contributed by atoms with Gasteiger partial charge in [-0.25, -0.2) is 9.82 Å². The van der Waals surface area contributed by atoms with Crippen LogP contribution in [0, 0.1) is 12.7 Å². The summed E-state index contributed by atoms with van der Waals surface area (Å²) >= 11 is 1.67. The largest absolute Gasteiger partial charge is 0.288 e. The quantitative estimate of drug-likeness (QED) is 0.828. The number of nitrogens with zero attached hydrogens (tertiary/aromatic N) is 3. The van der Waals surface area contributed by atoms with E-state index in [1.807, 2.05) is 0 Å². The SMILES string of the molecule is Cc1nnc(NN=C2CCSc3ccc(F)cc32)[nH]c1=O. The summed E-state index contributed by atoms with van der Waals surface area (Å²) in [6, 6.07) is 4.65. The van der Waals surface area contributed by atoms with E-state index in [0.29, 0.717) is 6.42 Å². The Balaban J connectivity index is 1.89. The number of nitrogens with one attached hydrogen (secondary N) is 2. The van der Waals surface area contributed by atoms with E-state index in [9.17, 15) is 9.18 Å². The van der Waals surface area contributed by atoms with Crippen LogP contribution in [0.25, 0.3) is 0 Å². The molecular formula is C13H12FN5OS. The maximum Gasteiger partial charge on any atom is 0.274 e. The molecule has 1 aromatic carbocycles. The first kappa shape index (κ1) is 13.7. The predicted molar refractivity (Wildman–Crippen MR) is 79.3 cm³/mol. The molecule has 108 valence electrons. The third-order valence-electron chi connectivity index (χ3n) is 3.01. The fourth-order valence-corrected chi connectivity index (χ4v) is 2.94. The highest BCUT2D eigenvalue weighted by Gasteiger charge is 2.17. The molecule has 0 saturated heterocycles. The van der Waals surface area contributed by atoms with Crippen LogP contribution in [-0.2, 0) is 0 Å². The Kier molecular flexibility index (Phi) is 3.70. The molecule has 0 amide bonds. The zero-order valence-corrected chi connectivity index (χ0v) is 12.0. The summed E-state index contributed by atoms with van der Waals surface area (Å²) in [5.41, 5.74) is 4.13. The fraction of sp³-hybridized carbons (Fsp3) is 0.231. The first-order valence-electron chi connectivity index (χ1n) is 6.32. The van der Waals surface area contributed by atoms with Gasteiger partial charge in [-0.1, -0.05) is 0 Å². The van der Waals surface area contributed by atoms with Crippen molar-refractivity contribution in [1.82, 2.24) is 15.2 Å².